The third kappa shape index (κ3) is 3.02. The molecule has 2 heterocycles. The molecule has 7 nitrogen and oxygen atoms in total. The number of carbonyl (C=O) groups excluding carboxylic acids is 1. The molecular formula is C15H14BrN5O2. The molecule has 0 bridgehead atoms. The number of halogens is 1. The zero-order chi connectivity index (χ0) is 16.6. The number of hydrogen-bond acceptors (Lipinski definition) is 4. The summed E-state index contributed by atoms with van der Waals surface area (Å²) in [5, 5.41) is 7.22. The number of rotatable bonds is 3. The van der Waals surface area contributed by atoms with Gasteiger partial charge in [-0.05, 0) is 35.0 Å². The standard InChI is InChI=1S/C15H14BrN5O2/c1-9-3-5-10(6-4-9)18-11(22)7-21-8-17-14-12(15(21)23)13(16)19-20(14)2/h3-6,8H,7H2,1-2H3,(H,18,22). The van der Waals surface area contributed by atoms with E-state index in [9.17, 15) is 9.59 Å². The zero-order valence-corrected chi connectivity index (χ0v) is 14.2. The van der Waals surface area contributed by atoms with Crippen LogP contribution in [0.2, 0.25) is 0 Å². The number of anilines is 1. The minimum absolute atomic E-state index is 0.114. The Hall–Kier alpha value is -2.48. The summed E-state index contributed by atoms with van der Waals surface area (Å²) >= 11 is 3.24. The van der Waals surface area contributed by atoms with Gasteiger partial charge >= 0.3 is 0 Å². The molecule has 0 saturated carbocycles. The molecule has 0 aliphatic heterocycles. The van der Waals surface area contributed by atoms with Crippen LogP contribution >= 0.6 is 15.9 Å². The van der Waals surface area contributed by atoms with E-state index in [2.05, 4.69) is 31.3 Å². The topological polar surface area (TPSA) is 81.8 Å². The molecule has 0 radical (unpaired) electrons. The maximum Gasteiger partial charge on any atom is 0.266 e. The molecule has 2 aromatic heterocycles. The number of nitrogens with one attached hydrogen (secondary N) is 1. The van der Waals surface area contributed by atoms with Crippen LogP contribution in [0.25, 0.3) is 11.0 Å². The minimum atomic E-state index is -0.311. The van der Waals surface area contributed by atoms with E-state index in [1.54, 1.807) is 7.05 Å². The number of hydrogen-bond donors (Lipinski definition) is 1. The number of aryl methyl sites for hydroxylation is 2. The second kappa shape index (κ2) is 5.96. The molecule has 0 atom stereocenters. The van der Waals surface area contributed by atoms with Crippen molar-refractivity contribution >= 4 is 38.6 Å². The molecule has 0 fully saturated rings. The molecule has 0 unspecified atom stereocenters. The zero-order valence-electron chi connectivity index (χ0n) is 12.6. The number of nitrogens with zero attached hydrogens (tertiary/aromatic N) is 4. The molecule has 1 N–H and O–H groups in total. The Bertz CT molecular complexity index is 943. The molecule has 8 heteroatoms. The molecule has 0 aliphatic carbocycles. The molecule has 0 aliphatic rings. The van der Waals surface area contributed by atoms with Gasteiger partial charge in [-0.2, -0.15) is 5.10 Å². The van der Waals surface area contributed by atoms with Crippen LogP contribution in [0.5, 0.6) is 0 Å². The summed E-state index contributed by atoms with van der Waals surface area (Å²) in [6.07, 6.45) is 1.35. The van der Waals surface area contributed by atoms with E-state index in [1.165, 1.54) is 15.6 Å². The average molecular weight is 376 g/mol. The van der Waals surface area contributed by atoms with Crippen LogP contribution in [-0.4, -0.2) is 25.2 Å². The number of amides is 1. The third-order valence-electron chi connectivity index (χ3n) is 3.42. The summed E-state index contributed by atoms with van der Waals surface area (Å²) in [7, 11) is 1.70. The fourth-order valence-corrected chi connectivity index (χ4v) is 2.83. The lowest BCUT2D eigenvalue weighted by Crippen LogP contribution is -2.28. The van der Waals surface area contributed by atoms with Gasteiger partial charge in [-0.1, -0.05) is 17.7 Å². The van der Waals surface area contributed by atoms with Crippen LogP contribution in [-0.2, 0) is 18.4 Å². The first-order valence-corrected chi connectivity index (χ1v) is 7.69. The summed E-state index contributed by atoms with van der Waals surface area (Å²) in [4.78, 5) is 28.8. The largest absolute Gasteiger partial charge is 0.325 e. The Balaban J connectivity index is 1.85. The maximum atomic E-state index is 12.5. The molecule has 0 spiro atoms. The van der Waals surface area contributed by atoms with Crippen molar-refractivity contribution in [2.45, 2.75) is 13.5 Å². The summed E-state index contributed by atoms with van der Waals surface area (Å²) in [5.74, 6) is -0.294. The van der Waals surface area contributed by atoms with Crippen molar-refractivity contribution in [3.63, 3.8) is 0 Å². The van der Waals surface area contributed by atoms with Crippen LogP contribution < -0.4 is 10.9 Å². The highest BCUT2D eigenvalue weighted by atomic mass is 79.9. The maximum absolute atomic E-state index is 12.5. The van der Waals surface area contributed by atoms with Crippen LogP contribution in [0.1, 0.15) is 5.56 Å². The molecule has 1 aromatic carbocycles. The predicted octanol–water partition coefficient (Wildman–Crippen LogP) is 1.84. The van der Waals surface area contributed by atoms with Crippen LogP contribution in [0.3, 0.4) is 0 Å². The molecular weight excluding hydrogens is 362 g/mol. The number of fused-ring (bicyclic) bond motifs is 1. The quantitative estimate of drug-likeness (QED) is 0.756. The van der Waals surface area contributed by atoms with Gasteiger partial charge < -0.3 is 5.32 Å². The Morgan fingerprint density at radius 3 is 2.70 bits per heavy atom. The molecule has 1 amide bonds. The Kier molecular flexibility index (Phi) is 3.99. The van der Waals surface area contributed by atoms with Crippen molar-refractivity contribution in [2.75, 3.05) is 5.32 Å². The fourth-order valence-electron chi connectivity index (χ4n) is 2.24. The summed E-state index contributed by atoms with van der Waals surface area (Å²) in [5.41, 5.74) is 1.95. The Morgan fingerprint density at radius 2 is 2.00 bits per heavy atom. The number of benzene rings is 1. The molecule has 0 saturated heterocycles. The number of carbonyl (C=O) groups is 1. The van der Waals surface area contributed by atoms with Crippen molar-refractivity contribution in [3.05, 3.63) is 51.1 Å². The summed E-state index contributed by atoms with van der Waals surface area (Å²) in [6, 6.07) is 7.44. The average Bonchev–Trinajstić information content (AvgIpc) is 2.79. The molecule has 3 rings (SSSR count). The monoisotopic (exact) mass is 375 g/mol. The van der Waals surface area contributed by atoms with Gasteiger partial charge in [-0.25, -0.2) is 9.67 Å². The van der Waals surface area contributed by atoms with Crippen molar-refractivity contribution in [1.29, 1.82) is 0 Å². The Labute approximate surface area is 140 Å². The SMILES string of the molecule is Cc1ccc(NC(=O)Cn2cnc3c(c(Br)nn3C)c2=O)cc1. The highest BCUT2D eigenvalue weighted by Gasteiger charge is 2.14. The summed E-state index contributed by atoms with van der Waals surface area (Å²) < 4.78 is 3.19. The molecule has 23 heavy (non-hydrogen) atoms. The predicted molar refractivity (Wildman–Crippen MR) is 90.3 cm³/mol. The van der Waals surface area contributed by atoms with Crippen molar-refractivity contribution in [3.8, 4) is 0 Å². The first kappa shape index (κ1) is 15.4. The Morgan fingerprint density at radius 1 is 1.30 bits per heavy atom. The van der Waals surface area contributed by atoms with Gasteiger partial charge in [-0.15, -0.1) is 0 Å². The van der Waals surface area contributed by atoms with E-state index in [0.717, 1.165) is 5.56 Å². The van der Waals surface area contributed by atoms with Crippen LogP contribution in [0, 0.1) is 6.92 Å². The van der Waals surface area contributed by atoms with E-state index in [1.807, 2.05) is 31.2 Å². The van der Waals surface area contributed by atoms with Gasteiger partial charge in [0.2, 0.25) is 5.91 Å². The first-order valence-electron chi connectivity index (χ1n) is 6.90. The van der Waals surface area contributed by atoms with Crippen molar-refractivity contribution in [2.24, 2.45) is 7.05 Å². The van der Waals surface area contributed by atoms with E-state index in [0.29, 0.717) is 21.3 Å². The van der Waals surface area contributed by atoms with Gasteiger partial charge in [0.05, 0.1) is 0 Å². The highest BCUT2D eigenvalue weighted by Crippen LogP contribution is 2.16. The normalized spacial score (nSPS) is 10.9. The second-order valence-electron chi connectivity index (χ2n) is 5.20. The van der Waals surface area contributed by atoms with Gasteiger partial charge in [-0.3, -0.25) is 14.2 Å². The molecule has 3 aromatic rings. The van der Waals surface area contributed by atoms with Crippen LogP contribution in [0.4, 0.5) is 5.69 Å². The fraction of sp³-hybridized carbons (Fsp3) is 0.200. The van der Waals surface area contributed by atoms with Gasteiger partial charge in [0.25, 0.3) is 5.56 Å². The van der Waals surface area contributed by atoms with E-state index in [4.69, 9.17) is 0 Å². The minimum Gasteiger partial charge on any atom is -0.325 e. The third-order valence-corrected chi connectivity index (χ3v) is 3.97. The lowest BCUT2D eigenvalue weighted by molar-refractivity contribution is -0.116. The van der Waals surface area contributed by atoms with Gasteiger partial charge in [0, 0.05) is 12.7 Å². The first-order chi connectivity index (χ1) is 11.0. The van der Waals surface area contributed by atoms with Gasteiger partial charge in [0.1, 0.15) is 22.9 Å². The van der Waals surface area contributed by atoms with Crippen molar-refractivity contribution in [1.82, 2.24) is 19.3 Å². The lowest BCUT2D eigenvalue weighted by Gasteiger charge is -2.07. The lowest BCUT2D eigenvalue weighted by atomic mass is 10.2. The number of aromatic nitrogens is 4. The highest BCUT2D eigenvalue weighted by molar-refractivity contribution is 9.10. The van der Waals surface area contributed by atoms with E-state index in [-0.39, 0.29) is 18.0 Å². The molecule has 118 valence electrons. The van der Waals surface area contributed by atoms with Crippen LogP contribution in [0.15, 0.2) is 40.0 Å². The van der Waals surface area contributed by atoms with Gasteiger partial charge in [0.15, 0.2) is 5.65 Å². The summed E-state index contributed by atoms with van der Waals surface area (Å²) in [6.45, 7) is 1.86. The van der Waals surface area contributed by atoms with E-state index >= 15 is 0 Å². The van der Waals surface area contributed by atoms with E-state index < -0.39 is 0 Å². The van der Waals surface area contributed by atoms with Crippen molar-refractivity contribution < 1.29 is 4.79 Å². The second-order valence-corrected chi connectivity index (χ2v) is 5.96. The smallest absolute Gasteiger partial charge is 0.266 e.